The fraction of sp³-hybridized carbons (Fsp3) is 0.846. The third-order valence-corrected chi connectivity index (χ3v) is 6.32. The van der Waals surface area contributed by atoms with Crippen molar-refractivity contribution in [1.29, 1.82) is 0 Å². The molecule has 1 saturated heterocycles. The van der Waals surface area contributed by atoms with E-state index in [1.165, 1.54) is 66.2 Å². The van der Waals surface area contributed by atoms with Crippen LogP contribution in [0.2, 0.25) is 0 Å². The summed E-state index contributed by atoms with van der Waals surface area (Å²) in [6.07, 6.45) is 5.86. The highest BCUT2D eigenvalue weighted by molar-refractivity contribution is 9.09. The van der Waals surface area contributed by atoms with Gasteiger partial charge in [0, 0.05) is 39.6 Å². The van der Waals surface area contributed by atoms with E-state index in [-0.39, 0.29) is 6.61 Å². The number of hydrogen-bond donors (Lipinski definition) is 0. The van der Waals surface area contributed by atoms with Crippen LogP contribution < -0.4 is 0 Å². The minimum absolute atomic E-state index is 0.270. The van der Waals surface area contributed by atoms with E-state index in [4.69, 9.17) is 28.4 Å². The van der Waals surface area contributed by atoms with Crippen LogP contribution in [0.4, 0.5) is 0 Å². The molecule has 5 atom stereocenters. The molecule has 1 fully saturated rings. The monoisotopic (exact) mass is 594 g/mol. The van der Waals surface area contributed by atoms with Crippen molar-refractivity contribution < 1.29 is 47.6 Å². The molecule has 1 heterocycles. The van der Waals surface area contributed by atoms with Gasteiger partial charge >= 0.3 is 23.9 Å². The molecule has 0 aromatic carbocycles. The summed E-state index contributed by atoms with van der Waals surface area (Å²) in [6, 6.07) is 0. The van der Waals surface area contributed by atoms with Crippen LogP contribution in [-0.2, 0) is 47.6 Å². The minimum Gasteiger partial charge on any atom is -0.463 e. The van der Waals surface area contributed by atoms with Gasteiger partial charge in [-0.1, -0.05) is 67.3 Å². The summed E-state index contributed by atoms with van der Waals surface area (Å²) in [4.78, 5) is 46.8. The van der Waals surface area contributed by atoms with Gasteiger partial charge in [0.05, 0.1) is 0 Å². The van der Waals surface area contributed by atoms with Crippen molar-refractivity contribution in [2.24, 2.45) is 0 Å². The second kappa shape index (κ2) is 19.4. The third-order valence-electron chi connectivity index (χ3n) is 5.76. The lowest BCUT2D eigenvalue weighted by Crippen LogP contribution is -2.63. The first kappa shape index (κ1) is 33.3. The number of ether oxygens (including phenoxy) is 6. The first-order valence-electron chi connectivity index (χ1n) is 13.1. The number of unbranched alkanes of at least 4 members (excludes halogenated alkanes) is 9. The number of esters is 4. The normalized spacial score (nSPS) is 23.2. The van der Waals surface area contributed by atoms with Gasteiger partial charge in [-0.05, 0) is 12.8 Å². The van der Waals surface area contributed by atoms with Gasteiger partial charge in [-0.15, -0.1) is 0 Å². The number of carbonyl (C=O) groups excluding carboxylic acids is 4. The summed E-state index contributed by atoms with van der Waals surface area (Å²) < 4.78 is 33.0. The standard InChI is InChI=1S/C26H43BrO10/c1-18(28)33-17-22-23(34-19(2)29)24(35-20(3)30)25(36-21(4)31)26(37-22)32-16-14-12-10-8-6-5-7-9-11-13-15-27/h22-26H,5-17H2,1-4H3/t22-,23-,24+,25-,26-/m1/s1. The molecule has 0 aromatic rings. The van der Waals surface area contributed by atoms with Crippen LogP contribution in [0.15, 0.2) is 0 Å². The third kappa shape index (κ3) is 14.7. The van der Waals surface area contributed by atoms with Gasteiger partial charge in [0.15, 0.2) is 24.6 Å². The summed E-state index contributed by atoms with van der Waals surface area (Å²) in [5.41, 5.74) is 0. The molecular weight excluding hydrogens is 552 g/mol. The Bertz CT molecular complexity index is 701. The molecule has 0 unspecified atom stereocenters. The van der Waals surface area contributed by atoms with E-state index < -0.39 is 54.6 Å². The highest BCUT2D eigenvalue weighted by Gasteiger charge is 2.52. The number of hydrogen-bond acceptors (Lipinski definition) is 10. The molecule has 10 nitrogen and oxygen atoms in total. The Morgan fingerprint density at radius 1 is 0.622 bits per heavy atom. The molecule has 0 spiro atoms. The van der Waals surface area contributed by atoms with Crippen molar-refractivity contribution in [3.63, 3.8) is 0 Å². The quantitative estimate of drug-likeness (QED) is 0.0976. The summed E-state index contributed by atoms with van der Waals surface area (Å²) in [5, 5.41) is 1.08. The second-order valence-electron chi connectivity index (χ2n) is 9.16. The summed E-state index contributed by atoms with van der Waals surface area (Å²) in [7, 11) is 0. The van der Waals surface area contributed by atoms with Crippen molar-refractivity contribution in [3.05, 3.63) is 0 Å². The maximum atomic E-state index is 11.9. The van der Waals surface area contributed by atoms with Crippen molar-refractivity contribution in [2.75, 3.05) is 18.5 Å². The smallest absolute Gasteiger partial charge is 0.303 e. The summed E-state index contributed by atoms with van der Waals surface area (Å²) in [6.45, 7) is 4.85. The molecule has 0 aliphatic carbocycles. The van der Waals surface area contributed by atoms with Crippen LogP contribution in [0.25, 0.3) is 0 Å². The van der Waals surface area contributed by atoms with Gasteiger partial charge in [0.1, 0.15) is 12.7 Å². The molecule has 0 saturated carbocycles. The fourth-order valence-electron chi connectivity index (χ4n) is 4.13. The predicted molar refractivity (Wildman–Crippen MR) is 138 cm³/mol. The Labute approximate surface area is 228 Å². The van der Waals surface area contributed by atoms with Gasteiger partial charge in [0.25, 0.3) is 0 Å². The lowest BCUT2D eigenvalue weighted by molar-refractivity contribution is -0.308. The van der Waals surface area contributed by atoms with E-state index >= 15 is 0 Å². The van der Waals surface area contributed by atoms with Crippen LogP contribution in [0, 0.1) is 0 Å². The van der Waals surface area contributed by atoms with Crippen LogP contribution in [0.1, 0.15) is 91.9 Å². The second-order valence-corrected chi connectivity index (χ2v) is 9.96. The van der Waals surface area contributed by atoms with Crippen LogP contribution in [0.3, 0.4) is 0 Å². The van der Waals surface area contributed by atoms with Gasteiger partial charge in [-0.25, -0.2) is 0 Å². The number of halogens is 1. The van der Waals surface area contributed by atoms with Crippen LogP contribution in [0.5, 0.6) is 0 Å². The SMILES string of the molecule is CC(=O)OC[C@H]1O[C@@H](OCCCCCCCCCCCCBr)[C@H](OC(C)=O)[C@@H](OC(C)=O)[C@@H]1OC(C)=O. The Morgan fingerprint density at radius 2 is 1.08 bits per heavy atom. The van der Waals surface area contributed by atoms with Gasteiger partial charge in [-0.3, -0.25) is 19.2 Å². The lowest BCUT2D eigenvalue weighted by Gasteiger charge is -2.44. The average molecular weight is 596 g/mol. The largest absolute Gasteiger partial charge is 0.463 e. The zero-order valence-electron chi connectivity index (χ0n) is 22.5. The van der Waals surface area contributed by atoms with E-state index in [9.17, 15) is 19.2 Å². The molecule has 0 N–H and O–H groups in total. The molecule has 0 radical (unpaired) electrons. The average Bonchev–Trinajstić information content (AvgIpc) is 2.81. The van der Waals surface area contributed by atoms with E-state index in [2.05, 4.69) is 15.9 Å². The summed E-state index contributed by atoms with van der Waals surface area (Å²) in [5.74, 6) is -2.55. The minimum atomic E-state index is -1.21. The molecule has 0 amide bonds. The zero-order valence-corrected chi connectivity index (χ0v) is 24.1. The maximum absolute atomic E-state index is 11.9. The summed E-state index contributed by atoms with van der Waals surface area (Å²) >= 11 is 3.46. The van der Waals surface area contributed by atoms with E-state index in [0.717, 1.165) is 31.0 Å². The lowest BCUT2D eigenvalue weighted by atomic mass is 9.98. The van der Waals surface area contributed by atoms with Crippen molar-refractivity contribution in [3.8, 4) is 0 Å². The molecule has 0 bridgehead atoms. The van der Waals surface area contributed by atoms with Gasteiger partial charge in [-0.2, -0.15) is 0 Å². The maximum Gasteiger partial charge on any atom is 0.303 e. The van der Waals surface area contributed by atoms with Crippen molar-refractivity contribution in [1.82, 2.24) is 0 Å². The van der Waals surface area contributed by atoms with Crippen LogP contribution in [-0.4, -0.2) is 73.1 Å². The highest BCUT2D eigenvalue weighted by Crippen LogP contribution is 2.30. The van der Waals surface area contributed by atoms with E-state index in [1.807, 2.05) is 0 Å². The van der Waals surface area contributed by atoms with Crippen molar-refractivity contribution in [2.45, 2.75) is 123 Å². The van der Waals surface area contributed by atoms with Gasteiger partial charge in [0.2, 0.25) is 0 Å². The highest BCUT2D eigenvalue weighted by atomic mass is 79.9. The number of rotatable bonds is 18. The Morgan fingerprint density at radius 3 is 1.57 bits per heavy atom. The Hall–Kier alpha value is -1.72. The number of carbonyl (C=O) groups is 4. The fourth-order valence-corrected chi connectivity index (χ4v) is 4.53. The Balaban J connectivity index is 2.71. The zero-order chi connectivity index (χ0) is 27.6. The number of alkyl halides is 1. The van der Waals surface area contributed by atoms with E-state index in [0.29, 0.717) is 6.61 Å². The van der Waals surface area contributed by atoms with Gasteiger partial charge < -0.3 is 28.4 Å². The molecular formula is C26H43BrO10. The first-order chi connectivity index (χ1) is 17.6. The molecule has 0 aromatic heterocycles. The molecule has 1 rings (SSSR count). The molecule has 1 aliphatic rings. The van der Waals surface area contributed by atoms with E-state index in [1.54, 1.807) is 0 Å². The van der Waals surface area contributed by atoms with Crippen molar-refractivity contribution >= 4 is 39.8 Å². The Kier molecular flexibility index (Phi) is 17.4. The molecule has 11 heteroatoms. The van der Waals surface area contributed by atoms with Crippen LogP contribution >= 0.6 is 15.9 Å². The first-order valence-corrected chi connectivity index (χ1v) is 14.3. The topological polar surface area (TPSA) is 124 Å². The molecule has 214 valence electrons. The predicted octanol–water partition coefficient (Wildman–Crippen LogP) is 4.38. The molecule has 1 aliphatic heterocycles. The molecule has 37 heavy (non-hydrogen) atoms.